The van der Waals surface area contributed by atoms with E-state index in [0.717, 1.165) is 24.8 Å². The standard InChI is InChI=1S/C21H20N2O3/c1-3-6-19-22-20(26-23-19)13(2)25-21(24)15-9-10-18-16(12-15)11-14-7-4-5-8-17(14)18/h4-5,7-10,12-13H,3,6,11H2,1-2H3/t13-/m0/s1. The summed E-state index contributed by atoms with van der Waals surface area (Å²) in [5.41, 5.74) is 5.40. The maximum absolute atomic E-state index is 12.5. The SMILES string of the molecule is CCCc1noc([C@H](C)OC(=O)c2ccc3c(c2)Cc2ccccc2-3)n1. The minimum Gasteiger partial charge on any atom is -0.449 e. The Balaban J connectivity index is 1.49. The van der Waals surface area contributed by atoms with Crippen LogP contribution in [0.2, 0.25) is 0 Å². The summed E-state index contributed by atoms with van der Waals surface area (Å²) in [6, 6.07) is 14.0. The molecule has 1 aromatic heterocycles. The first-order valence-electron chi connectivity index (χ1n) is 8.90. The van der Waals surface area contributed by atoms with Gasteiger partial charge in [0.25, 0.3) is 5.89 Å². The number of hydrogen-bond acceptors (Lipinski definition) is 5. The maximum Gasteiger partial charge on any atom is 0.338 e. The van der Waals surface area contributed by atoms with E-state index >= 15 is 0 Å². The number of aryl methyl sites for hydroxylation is 1. The van der Waals surface area contributed by atoms with Crippen molar-refractivity contribution in [2.24, 2.45) is 0 Å². The fourth-order valence-electron chi connectivity index (χ4n) is 3.31. The smallest absolute Gasteiger partial charge is 0.338 e. The summed E-state index contributed by atoms with van der Waals surface area (Å²) >= 11 is 0. The third-order valence-electron chi connectivity index (χ3n) is 4.62. The van der Waals surface area contributed by atoms with Crippen LogP contribution in [0.5, 0.6) is 0 Å². The topological polar surface area (TPSA) is 65.2 Å². The molecule has 0 bridgehead atoms. The zero-order valence-corrected chi connectivity index (χ0v) is 14.9. The molecule has 132 valence electrons. The van der Waals surface area contributed by atoms with Gasteiger partial charge in [0.1, 0.15) is 0 Å². The molecule has 1 atom stereocenters. The van der Waals surface area contributed by atoms with Gasteiger partial charge in [0.2, 0.25) is 0 Å². The average molecular weight is 348 g/mol. The van der Waals surface area contributed by atoms with Crippen LogP contribution in [-0.4, -0.2) is 16.1 Å². The van der Waals surface area contributed by atoms with Crippen LogP contribution in [0.15, 0.2) is 47.0 Å². The van der Waals surface area contributed by atoms with Gasteiger partial charge < -0.3 is 9.26 Å². The molecular formula is C21H20N2O3. The van der Waals surface area contributed by atoms with E-state index in [1.165, 1.54) is 16.7 Å². The third kappa shape index (κ3) is 3.01. The number of rotatable bonds is 5. The largest absolute Gasteiger partial charge is 0.449 e. The Labute approximate surface area is 152 Å². The molecule has 1 heterocycles. The van der Waals surface area contributed by atoms with Gasteiger partial charge in [-0.25, -0.2) is 4.79 Å². The first-order chi connectivity index (χ1) is 12.7. The molecule has 5 nitrogen and oxygen atoms in total. The Morgan fingerprint density at radius 3 is 2.85 bits per heavy atom. The van der Waals surface area contributed by atoms with Crippen LogP contribution < -0.4 is 0 Å². The number of benzene rings is 2. The Morgan fingerprint density at radius 1 is 1.19 bits per heavy atom. The first-order valence-corrected chi connectivity index (χ1v) is 8.90. The number of esters is 1. The summed E-state index contributed by atoms with van der Waals surface area (Å²) in [5.74, 6) is 0.586. The van der Waals surface area contributed by atoms with Crippen molar-refractivity contribution >= 4 is 5.97 Å². The fraction of sp³-hybridized carbons (Fsp3) is 0.286. The molecule has 0 unspecified atom stereocenters. The lowest BCUT2D eigenvalue weighted by Crippen LogP contribution is -2.10. The van der Waals surface area contributed by atoms with E-state index < -0.39 is 6.10 Å². The van der Waals surface area contributed by atoms with Gasteiger partial charge in [-0.15, -0.1) is 0 Å². The van der Waals surface area contributed by atoms with Gasteiger partial charge in [0.05, 0.1) is 5.56 Å². The van der Waals surface area contributed by atoms with Crippen LogP contribution in [0.4, 0.5) is 0 Å². The summed E-state index contributed by atoms with van der Waals surface area (Å²) in [7, 11) is 0. The Bertz CT molecular complexity index is 961. The molecule has 0 saturated heterocycles. The van der Waals surface area contributed by atoms with Crippen molar-refractivity contribution in [3.05, 3.63) is 70.9 Å². The molecule has 26 heavy (non-hydrogen) atoms. The van der Waals surface area contributed by atoms with Crippen molar-refractivity contribution in [3.8, 4) is 11.1 Å². The summed E-state index contributed by atoms with van der Waals surface area (Å²) in [4.78, 5) is 16.8. The van der Waals surface area contributed by atoms with Crippen molar-refractivity contribution in [1.29, 1.82) is 0 Å². The predicted octanol–water partition coefficient (Wildman–Crippen LogP) is 4.51. The highest BCUT2D eigenvalue weighted by atomic mass is 16.6. The highest BCUT2D eigenvalue weighted by Gasteiger charge is 2.22. The monoisotopic (exact) mass is 348 g/mol. The predicted molar refractivity (Wildman–Crippen MR) is 96.8 cm³/mol. The maximum atomic E-state index is 12.5. The summed E-state index contributed by atoms with van der Waals surface area (Å²) in [6.45, 7) is 3.79. The number of hydrogen-bond donors (Lipinski definition) is 0. The Hall–Kier alpha value is -2.95. The molecule has 4 rings (SSSR count). The van der Waals surface area contributed by atoms with E-state index in [1.54, 1.807) is 6.92 Å². The van der Waals surface area contributed by atoms with Gasteiger partial charge in [-0.3, -0.25) is 0 Å². The van der Waals surface area contributed by atoms with Crippen LogP contribution in [0.25, 0.3) is 11.1 Å². The molecule has 0 amide bonds. The highest BCUT2D eigenvalue weighted by Crippen LogP contribution is 2.36. The number of ether oxygens (including phenoxy) is 1. The molecule has 1 aliphatic rings. The minimum absolute atomic E-state index is 0.329. The first kappa shape index (κ1) is 16.5. The van der Waals surface area contributed by atoms with Crippen LogP contribution in [0.1, 0.15) is 59.6 Å². The van der Waals surface area contributed by atoms with Crippen LogP contribution in [0, 0.1) is 0 Å². The summed E-state index contributed by atoms with van der Waals surface area (Å²) < 4.78 is 10.7. The van der Waals surface area contributed by atoms with Crippen LogP contribution in [-0.2, 0) is 17.6 Å². The lowest BCUT2D eigenvalue weighted by molar-refractivity contribution is 0.0265. The van der Waals surface area contributed by atoms with E-state index in [0.29, 0.717) is 17.3 Å². The normalized spacial score (nSPS) is 13.2. The zero-order chi connectivity index (χ0) is 18.1. The van der Waals surface area contributed by atoms with Gasteiger partial charge in [-0.05, 0) is 54.2 Å². The molecule has 2 aromatic carbocycles. The molecule has 0 saturated carbocycles. The molecule has 0 aliphatic heterocycles. The number of nitrogens with zero attached hydrogens (tertiary/aromatic N) is 2. The number of carbonyl (C=O) groups excluding carboxylic acids is 1. The second kappa shape index (κ2) is 6.75. The number of fused-ring (bicyclic) bond motifs is 3. The molecule has 5 heteroatoms. The summed E-state index contributed by atoms with van der Waals surface area (Å²) in [5, 5.41) is 3.90. The van der Waals surface area contributed by atoms with Crippen LogP contribution in [0.3, 0.4) is 0 Å². The second-order valence-corrected chi connectivity index (χ2v) is 6.55. The molecule has 0 fully saturated rings. The number of carbonyl (C=O) groups is 1. The van der Waals surface area contributed by atoms with Gasteiger partial charge in [0.15, 0.2) is 11.9 Å². The van der Waals surface area contributed by atoms with Crippen molar-refractivity contribution in [1.82, 2.24) is 10.1 Å². The lowest BCUT2D eigenvalue weighted by Gasteiger charge is -2.10. The van der Waals surface area contributed by atoms with E-state index in [9.17, 15) is 4.79 Å². The van der Waals surface area contributed by atoms with Crippen LogP contribution >= 0.6 is 0 Å². The van der Waals surface area contributed by atoms with Gasteiger partial charge in [-0.1, -0.05) is 42.4 Å². The lowest BCUT2D eigenvalue weighted by atomic mass is 10.0. The fourth-order valence-corrected chi connectivity index (χ4v) is 3.31. The molecule has 1 aliphatic carbocycles. The minimum atomic E-state index is -0.578. The van der Waals surface area contributed by atoms with Crippen molar-refractivity contribution in [3.63, 3.8) is 0 Å². The molecular weight excluding hydrogens is 328 g/mol. The molecule has 0 spiro atoms. The van der Waals surface area contributed by atoms with Gasteiger partial charge >= 0.3 is 5.97 Å². The zero-order valence-electron chi connectivity index (χ0n) is 14.9. The summed E-state index contributed by atoms with van der Waals surface area (Å²) in [6.07, 6.45) is 1.94. The van der Waals surface area contributed by atoms with E-state index in [-0.39, 0.29) is 5.97 Å². The molecule has 0 N–H and O–H groups in total. The number of aromatic nitrogens is 2. The quantitative estimate of drug-likeness (QED) is 0.496. The van der Waals surface area contributed by atoms with E-state index in [4.69, 9.17) is 9.26 Å². The van der Waals surface area contributed by atoms with Crippen molar-refractivity contribution < 1.29 is 14.1 Å². The van der Waals surface area contributed by atoms with Crippen molar-refractivity contribution in [2.75, 3.05) is 0 Å². The third-order valence-corrected chi connectivity index (χ3v) is 4.62. The Morgan fingerprint density at radius 2 is 2.00 bits per heavy atom. The van der Waals surface area contributed by atoms with E-state index in [2.05, 4.69) is 22.3 Å². The second-order valence-electron chi connectivity index (χ2n) is 6.55. The average Bonchev–Trinajstić information content (AvgIpc) is 3.25. The van der Waals surface area contributed by atoms with E-state index in [1.807, 2.05) is 37.3 Å². The molecule has 0 radical (unpaired) electrons. The van der Waals surface area contributed by atoms with Crippen molar-refractivity contribution in [2.45, 2.75) is 39.2 Å². The molecule has 3 aromatic rings. The Kier molecular flexibility index (Phi) is 4.29. The van der Waals surface area contributed by atoms with Gasteiger partial charge in [0, 0.05) is 6.42 Å². The highest BCUT2D eigenvalue weighted by molar-refractivity contribution is 5.91. The van der Waals surface area contributed by atoms with Gasteiger partial charge in [-0.2, -0.15) is 4.98 Å².